The van der Waals surface area contributed by atoms with Gasteiger partial charge in [0.25, 0.3) is 0 Å². The van der Waals surface area contributed by atoms with Gasteiger partial charge in [-0.25, -0.2) is 8.78 Å². The second-order valence-electron chi connectivity index (χ2n) is 12.1. The lowest BCUT2D eigenvalue weighted by Crippen LogP contribution is -2.70. The number of carbonyl (C=O) groups is 4. The molecule has 6 nitrogen and oxygen atoms in total. The highest BCUT2D eigenvalue weighted by Gasteiger charge is 2.78. The molecule has 3 saturated carbocycles. The zero-order chi connectivity index (χ0) is 28.4. The van der Waals surface area contributed by atoms with Crippen molar-refractivity contribution in [1.82, 2.24) is 0 Å². The highest BCUT2D eigenvalue weighted by atomic mass is 32.2. The van der Waals surface area contributed by atoms with Gasteiger partial charge in [-0.1, -0.05) is 40.7 Å². The van der Waals surface area contributed by atoms with E-state index in [4.69, 9.17) is 4.74 Å². The van der Waals surface area contributed by atoms with Crippen molar-refractivity contribution >= 4 is 33.7 Å². The van der Waals surface area contributed by atoms with E-state index in [1.165, 1.54) is 19.1 Å². The van der Waals surface area contributed by atoms with Crippen LogP contribution >= 0.6 is 11.8 Å². The summed E-state index contributed by atoms with van der Waals surface area (Å²) in [6.07, 6.45) is 0.741. The molecule has 38 heavy (non-hydrogen) atoms. The lowest BCUT2D eigenvalue weighted by Gasteiger charge is -2.63. The first-order valence-corrected chi connectivity index (χ1v) is 14.4. The molecule has 0 aromatic heterocycles. The van der Waals surface area contributed by atoms with E-state index >= 15 is 8.78 Å². The zero-order valence-corrected chi connectivity index (χ0v) is 23.7. The van der Waals surface area contributed by atoms with Crippen LogP contribution in [0.25, 0.3) is 0 Å². The van der Waals surface area contributed by atoms with Crippen molar-refractivity contribution in [2.45, 2.75) is 97.2 Å². The number of alkyl halides is 2. The molecule has 4 aliphatic rings. The Bertz CT molecular complexity index is 1120. The predicted molar refractivity (Wildman–Crippen MR) is 139 cm³/mol. The summed E-state index contributed by atoms with van der Waals surface area (Å²) in [5.74, 6) is -3.69. The number of aliphatic hydroxyl groups excluding tert-OH is 1. The number of halogens is 2. The summed E-state index contributed by atoms with van der Waals surface area (Å²) >= 11 is 0.525. The number of carbonyl (C=O) groups excluding carboxylic acids is 4. The minimum absolute atomic E-state index is 0.0108. The molecule has 0 saturated heterocycles. The summed E-state index contributed by atoms with van der Waals surface area (Å²) in [4.78, 5) is 51.6. The van der Waals surface area contributed by atoms with Gasteiger partial charge in [-0.15, -0.1) is 0 Å². The van der Waals surface area contributed by atoms with Gasteiger partial charge in [0.05, 0.1) is 6.10 Å². The third-order valence-corrected chi connectivity index (χ3v) is 11.3. The van der Waals surface area contributed by atoms with Crippen LogP contribution in [0.15, 0.2) is 23.8 Å². The molecular formula is C29H38F2O6S. The van der Waals surface area contributed by atoms with Crippen molar-refractivity contribution in [3.63, 3.8) is 0 Å². The average molecular weight is 553 g/mol. The van der Waals surface area contributed by atoms with Gasteiger partial charge in [-0.05, 0) is 68.0 Å². The SMILES string of the molecule is CCC(=O)O[C@]1(C(=O)SC(=O)C(C)CC)[C@H](C)CC2C3C[C@H](F)C4=CC(=O)C=C[C@]4(C)[C@@]3(F)[C@@H](O)C[C@@]21C. The maximum absolute atomic E-state index is 17.4. The topological polar surface area (TPSA) is 97.7 Å². The molecule has 0 spiro atoms. The van der Waals surface area contributed by atoms with Crippen LogP contribution in [0.5, 0.6) is 0 Å². The van der Waals surface area contributed by atoms with Gasteiger partial charge in [0.15, 0.2) is 22.2 Å². The van der Waals surface area contributed by atoms with Gasteiger partial charge in [-0.3, -0.25) is 19.2 Å². The van der Waals surface area contributed by atoms with E-state index < -0.39 is 74.9 Å². The van der Waals surface area contributed by atoms with Crippen LogP contribution in [-0.4, -0.2) is 50.6 Å². The van der Waals surface area contributed by atoms with Gasteiger partial charge >= 0.3 is 5.97 Å². The van der Waals surface area contributed by atoms with E-state index in [0.717, 1.165) is 6.08 Å². The maximum Gasteiger partial charge on any atom is 0.306 e. The average Bonchev–Trinajstić information content (AvgIpc) is 3.08. The van der Waals surface area contributed by atoms with Gasteiger partial charge in [0.1, 0.15) is 6.17 Å². The molecule has 1 N–H and O–H groups in total. The number of thioether (sulfide) groups is 1. The number of hydrogen-bond acceptors (Lipinski definition) is 7. The molecule has 4 rings (SSSR count). The molecular weight excluding hydrogens is 514 g/mol. The summed E-state index contributed by atoms with van der Waals surface area (Å²) < 4.78 is 39.1. The Balaban J connectivity index is 1.84. The third kappa shape index (κ3) is 3.74. The number of ketones is 1. The van der Waals surface area contributed by atoms with Crippen LogP contribution in [0.1, 0.15) is 73.6 Å². The van der Waals surface area contributed by atoms with Gasteiger partial charge in [-0.2, -0.15) is 0 Å². The number of ether oxygens (including phenoxy) is 1. The van der Waals surface area contributed by atoms with Crippen LogP contribution in [0.2, 0.25) is 0 Å². The van der Waals surface area contributed by atoms with Gasteiger partial charge < -0.3 is 9.84 Å². The fourth-order valence-electron chi connectivity index (χ4n) is 7.90. The second kappa shape index (κ2) is 9.65. The van der Waals surface area contributed by atoms with Crippen LogP contribution in [0.4, 0.5) is 8.78 Å². The van der Waals surface area contributed by atoms with E-state index in [2.05, 4.69) is 0 Å². The van der Waals surface area contributed by atoms with E-state index in [0.29, 0.717) is 18.2 Å². The predicted octanol–water partition coefficient (Wildman–Crippen LogP) is 5.08. The normalized spacial score (nSPS) is 44.4. The molecule has 0 radical (unpaired) electrons. The number of aliphatic hydroxyl groups is 1. The number of allylic oxidation sites excluding steroid dienone is 4. The van der Waals surface area contributed by atoms with Crippen molar-refractivity contribution in [2.75, 3.05) is 0 Å². The summed E-state index contributed by atoms with van der Waals surface area (Å²) in [6, 6.07) is 0. The third-order valence-electron chi connectivity index (χ3n) is 10.2. The first-order valence-electron chi connectivity index (χ1n) is 13.6. The molecule has 4 aliphatic carbocycles. The maximum atomic E-state index is 17.4. The van der Waals surface area contributed by atoms with E-state index in [1.54, 1.807) is 27.7 Å². The minimum atomic E-state index is -2.31. The second-order valence-corrected chi connectivity index (χ2v) is 13.1. The van der Waals surface area contributed by atoms with Crippen LogP contribution in [-0.2, 0) is 23.9 Å². The van der Waals surface area contributed by atoms with Gasteiger partial charge in [0, 0.05) is 35.0 Å². The molecule has 0 heterocycles. The highest BCUT2D eigenvalue weighted by molar-refractivity contribution is 8.26. The Morgan fingerprint density at radius 2 is 1.87 bits per heavy atom. The Hall–Kier alpha value is -1.87. The molecule has 10 atom stereocenters. The molecule has 0 bridgehead atoms. The molecule has 0 aliphatic heterocycles. The van der Waals surface area contributed by atoms with E-state index in [9.17, 15) is 24.3 Å². The van der Waals surface area contributed by atoms with E-state index in [-0.39, 0.29) is 36.4 Å². The number of rotatable bonds is 5. The fourth-order valence-corrected chi connectivity index (χ4v) is 9.08. The zero-order valence-electron chi connectivity index (χ0n) is 22.9. The Labute approximate surface area is 227 Å². The molecule has 3 fully saturated rings. The summed E-state index contributed by atoms with van der Waals surface area (Å²) in [7, 11) is 0. The molecule has 0 aromatic carbocycles. The molecule has 0 aromatic rings. The summed E-state index contributed by atoms with van der Waals surface area (Å²) in [6.45, 7) is 10.1. The summed E-state index contributed by atoms with van der Waals surface area (Å²) in [5, 5.41) is 10.6. The number of fused-ring (bicyclic) bond motifs is 5. The highest BCUT2D eigenvalue weighted by Crippen LogP contribution is 2.72. The first kappa shape index (κ1) is 29.1. The van der Waals surface area contributed by atoms with Crippen LogP contribution < -0.4 is 0 Å². The molecule has 0 amide bonds. The monoisotopic (exact) mass is 552 g/mol. The van der Waals surface area contributed by atoms with Gasteiger partial charge in [0.2, 0.25) is 5.12 Å². The molecule has 9 heteroatoms. The van der Waals surface area contributed by atoms with Crippen molar-refractivity contribution in [3.8, 4) is 0 Å². The lowest BCUT2D eigenvalue weighted by molar-refractivity contribution is -0.228. The largest absolute Gasteiger partial charge is 0.449 e. The Morgan fingerprint density at radius 1 is 1.21 bits per heavy atom. The van der Waals surface area contributed by atoms with Crippen LogP contribution in [0, 0.1) is 34.5 Å². The van der Waals surface area contributed by atoms with Crippen molar-refractivity contribution in [3.05, 3.63) is 23.8 Å². The smallest absolute Gasteiger partial charge is 0.306 e. The molecule has 210 valence electrons. The standard InChI is InChI=1S/C29H38F2O6S/c1-7-15(3)24(35)38-25(36)29(37-23(34)8-2)16(4)11-18-19-13-21(30)20-12-17(32)9-10-26(20,5)28(19,31)22(33)14-27(18,29)6/h9-10,12,15-16,18-19,21-22,33H,7-8,11,13-14H2,1-6H3/t15?,16-,18?,19?,21+,22+,26+,27+,28+,29+/m1/s1. The number of esters is 1. The lowest BCUT2D eigenvalue weighted by atomic mass is 9.44. The van der Waals surface area contributed by atoms with E-state index in [1.807, 2.05) is 6.92 Å². The minimum Gasteiger partial charge on any atom is -0.449 e. The van der Waals surface area contributed by atoms with Crippen LogP contribution in [0.3, 0.4) is 0 Å². The number of hydrogen-bond donors (Lipinski definition) is 1. The quantitative estimate of drug-likeness (QED) is 0.475. The van der Waals surface area contributed by atoms with Crippen molar-refractivity contribution in [2.24, 2.45) is 34.5 Å². The molecule has 3 unspecified atom stereocenters. The summed E-state index contributed by atoms with van der Waals surface area (Å²) in [5.41, 5.74) is -6.88. The Morgan fingerprint density at radius 3 is 2.47 bits per heavy atom. The Kier molecular flexibility index (Phi) is 7.39. The fraction of sp³-hybridized carbons (Fsp3) is 0.724. The van der Waals surface area contributed by atoms with Crippen molar-refractivity contribution < 1.29 is 37.8 Å². The van der Waals surface area contributed by atoms with Crippen molar-refractivity contribution in [1.29, 1.82) is 0 Å². The first-order chi connectivity index (χ1) is 17.6.